The lowest BCUT2D eigenvalue weighted by atomic mass is 10.1. The fourth-order valence-electron chi connectivity index (χ4n) is 1.67. The second-order valence-electron chi connectivity index (χ2n) is 4.01. The van der Waals surface area contributed by atoms with E-state index in [4.69, 9.17) is 0 Å². The molecule has 2 aromatic heterocycles. The van der Waals surface area contributed by atoms with Crippen molar-refractivity contribution in [3.05, 3.63) is 42.2 Å². The van der Waals surface area contributed by atoms with Gasteiger partial charge in [0.1, 0.15) is 0 Å². The SMILES string of the molecule is Cn1cc(C(F)(F)C(F)(F)F)cc1-c1ccccn1. The molecule has 0 aliphatic rings. The Labute approximate surface area is 105 Å². The first-order valence-electron chi connectivity index (χ1n) is 5.26. The largest absolute Gasteiger partial charge is 0.458 e. The molecule has 2 rings (SSSR count). The van der Waals surface area contributed by atoms with Gasteiger partial charge in [0.05, 0.1) is 11.4 Å². The summed E-state index contributed by atoms with van der Waals surface area (Å²) in [5, 5.41) is 0. The van der Waals surface area contributed by atoms with Gasteiger partial charge in [-0.2, -0.15) is 22.0 Å². The highest BCUT2D eigenvalue weighted by Gasteiger charge is 2.59. The second-order valence-corrected chi connectivity index (χ2v) is 4.01. The smallest absolute Gasteiger partial charge is 0.349 e. The van der Waals surface area contributed by atoms with Gasteiger partial charge in [-0.05, 0) is 18.2 Å². The van der Waals surface area contributed by atoms with Crippen molar-refractivity contribution in [1.82, 2.24) is 9.55 Å². The number of aryl methyl sites for hydroxylation is 1. The minimum atomic E-state index is -5.62. The zero-order valence-corrected chi connectivity index (χ0v) is 9.75. The number of halogens is 5. The van der Waals surface area contributed by atoms with Crippen LogP contribution in [0.15, 0.2) is 36.7 Å². The Bertz CT molecular complexity index is 572. The van der Waals surface area contributed by atoms with Crippen LogP contribution in [0.2, 0.25) is 0 Å². The van der Waals surface area contributed by atoms with Gasteiger partial charge in [-0.1, -0.05) is 6.07 Å². The van der Waals surface area contributed by atoms with E-state index in [1.165, 1.54) is 23.9 Å². The van der Waals surface area contributed by atoms with Crippen molar-refractivity contribution in [1.29, 1.82) is 0 Å². The van der Waals surface area contributed by atoms with Crippen LogP contribution in [-0.4, -0.2) is 15.7 Å². The summed E-state index contributed by atoms with van der Waals surface area (Å²) in [6, 6.07) is 5.58. The number of hydrogen-bond donors (Lipinski definition) is 0. The van der Waals surface area contributed by atoms with E-state index in [0.717, 1.165) is 12.3 Å². The fraction of sp³-hybridized carbons (Fsp3) is 0.250. The molecule has 7 heteroatoms. The molecule has 0 saturated heterocycles. The van der Waals surface area contributed by atoms with Crippen molar-refractivity contribution in [3.8, 4) is 11.4 Å². The van der Waals surface area contributed by atoms with Crippen molar-refractivity contribution in [3.63, 3.8) is 0 Å². The number of hydrogen-bond acceptors (Lipinski definition) is 1. The monoisotopic (exact) mass is 276 g/mol. The molecular weight excluding hydrogens is 267 g/mol. The van der Waals surface area contributed by atoms with Crippen molar-refractivity contribution in [2.45, 2.75) is 12.1 Å². The average Bonchev–Trinajstić information content (AvgIpc) is 2.71. The molecule has 0 unspecified atom stereocenters. The first kappa shape index (κ1) is 13.5. The summed E-state index contributed by atoms with van der Waals surface area (Å²) in [5.74, 6) is -4.88. The summed E-state index contributed by atoms with van der Waals surface area (Å²) in [6.07, 6.45) is -3.42. The molecule has 2 heterocycles. The highest BCUT2D eigenvalue weighted by Crippen LogP contribution is 2.44. The van der Waals surface area contributed by atoms with Gasteiger partial charge in [0.15, 0.2) is 0 Å². The number of alkyl halides is 5. The van der Waals surface area contributed by atoms with E-state index in [0.29, 0.717) is 5.69 Å². The normalized spacial score (nSPS) is 12.7. The Kier molecular flexibility index (Phi) is 3.07. The molecule has 0 aliphatic heterocycles. The third kappa shape index (κ3) is 2.32. The molecule has 0 aromatic carbocycles. The van der Waals surface area contributed by atoms with E-state index >= 15 is 0 Å². The van der Waals surface area contributed by atoms with Gasteiger partial charge >= 0.3 is 12.1 Å². The first-order chi connectivity index (χ1) is 8.73. The van der Waals surface area contributed by atoms with Crippen LogP contribution in [0.5, 0.6) is 0 Å². The Hall–Kier alpha value is -1.92. The molecule has 19 heavy (non-hydrogen) atoms. The number of nitrogens with zero attached hydrogens (tertiary/aromatic N) is 2. The molecule has 0 N–H and O–H groups in total. The average molecular weight is 276 g/mol. The summed E-state index contributed by atoms with van der Waals surface area (Å²) in [4.78, 5) is 3.92. The zero-order chi connectivity index (χ0) is 14.3. The van der Waals surface area contributed by atoms with Crippen LogP contribution < -0.4 is 0 Å². The van der Waals surface area contributed by atoms with Gasteiger partial charge in [-0.3, -0.25) is 4.98 Å². The molecule has 2 nitrogen and oxygen atoms in total. The predicted molar refractivity (Wildman–Crippen MR) is 58.6 cm³/mol. The lowest BCUT2D eigenvalue weighted by molar-refractivity contribution is -0.289. The topological polar surface area (TPSA) is 17.8 Å². The van der Waals surface area contributed by atoms with Gasteiger partial charge in [-0.25, -0.2) is 0 Å². The summed E-state index contributed by atoms with van der Waals surface area (Å²) in [6.45, 7) is 0. The van der Waals surface area contributed by atoms with Crippen LogP contribution in [0.1, 0.15) is 5.56 Å². The standard InChI is InChI=1S/C12H9F5N2/c1-19-7-8(11(13,14)12(15,16)17)6-10(19)9-4-2-3-5-18-9/h2-7H,1H3. The maximum absolute atomic E-state index is 13.2. The first-order valence-corrected chi connectivity index (χ1v) is 5.26. The van der Waals surface area contributed by atoms with Gasteiger partial charge in [0, 0.05) is 25.0 Å². The summed E-state index contributed by atoms with van der Waals surface area (Å²) >= 11 is 0. The van der Waals surface area contributed by atoms with E-state index in [-0.39, 0.29) is 5.69 Å². The van der Waals surface area contributed by atoms with Gasteiger partial charge in [0.25, 0.3) is 0 Å². The van der Waals surface area contributed by atoms with Crippen LogP contribution in [0.4, 0.5) is 22.0 Å². The summed E-state index contributed by atoms with van der Waals surface area (Å²) in [5.41, 5.74) is -0.572. The summed E-state index contributed by atoms with van der Waals surface area (Å²) < 4.78 is 64.5. The van der Waals surface area contributed by atoms with E-state index in [9.17, 15) is 22.0 Å². The molecule has 0 fully saturated rings. The van der Waals surface area contributed by atoms with Gasteiger partial charge < -0.3 is 4.57 Å². The van der Waals surface area contributed by atoms with E-state index < -0.39 is 17.7 Å². The van der Waals surface area contributed by atoms with E-state index in [2.05, 4.69) is 4.98 Å². The molecule has 2 aromatic rings. The van der Waals surface area contributed by atoms with Crippen LogP contribution in [0.25, 0.3) is 11.4 Å². The van der Waals surface area contributed by atoms with Crippen molar-refractivity contribution >= 4 is 0 Å². The maximum atomic E-state index is 13.2. The second kappa shape index (κ2) is 4.32. The Morgan fingerprint density at radius 3 is 2.32 bits per heavy atom. The Balaban J connectivity index is 2.49. The minimum Gasteiger partial charge on any atom is -0.349 e. The highest BCUT2D eigenvalue weighted by atomic mass is 19.4. The quantitative estimate of drug-likeness (QED) is 0.764. The molecule has 102 valence electrons. The number of pyridine rings is 1. The summed E-state index contributed by atoms with van der Waals surface area (Å²) in [7, 11) is 1.39. The molecular formula is C12H9F5N2. The van der Waals surface area contributed by atoms with Crippen molar-refractivity contribution in [2.24, 2.45) is 7.05 Å². The Morgan fingerprint density at radius 1 is 1.11 bits per heavy atom. The Morgan fingerprint density at radius 2 is 1.79 bits per heavy atom. The molecule has 0 radical (unpaired) electrons. The fourth-order valence-corrected chi connectivity index (χ4v) is 1.67. The molecule has 0 saturated carbocycles. The van der Waals surface area contributed by atoms with E-state index in [1.54, 1.807) is 12.1 Å². The van der Waals surface area contributed by atoms with Crippen LogP contribution in [0.3, 0.4) is 0 Å². The van der Waals surface area contributed by atoms with Gasteiger partial charge in [-0.15, -0.1) is 0 Å². The van der Waals surface area contributed by atoms with E-state index in [1.807, 2.05) is 0 Å². The van der Waals surface area contributed by atoms with Gasteiger partial charge in [0.2, 0.25) is 0 Å². The van der Waals surface area contributed by atoms with Crippen LogP contribution in [0, 0.1) is 0 Å². The van der Waals surface area contributed by atoms with Crippen molar-refractivity contribution < 1.29 is 22.0 Å². The number of aromatic nitrogens is 2. The highest BCUT2D eigenvalue weighted by molar-refractivity contribution is 5.57. The molecule has 0 spiro atoms. The molecule has 0 aliphatic carbocycles. The van der Waals surface area contributed by atoms with Crippen LogP contribution in [-0.2, 0) is 13.0 Å². The molecule has 0 atom stereocenters. The molecule has 0 bridgehead atoms. The van der Waals surface area contributed by atoms with Crippen LogP contribution >= 0.6 is 0 Å². The third-order valence-corrected chi connectivity index (χ3v) is 2.65. The zero-order valence-electron chi connectivity index (χ0n) is 9.75. The maximum Gasteiger partial charge on any atom is 0.458 e. The lowest BCUT2D eigenvalue weighted by Crippen LogP contribution is -2.33. The van der Waals surface area contributed by atoms with Crippen molar-refractivity contribution in [2.75, 3.05) is 0 Å². The third-order valence-electron chi connectivity index (χ3n) is 2.65. The molecule has 0 amide bonds. The lowest BCUT2D eigenvalue weighted by Gasteiger charge is -2.17. The minimum absolute atomic E-state index is 0.194. The number of rotatable bonds is 2. The predicted octanol–water partition coefficient (Wildman–Crippen LogP) is 3.74.